The number of hydrogen-bond acceptors (Lipinski definition) is 3. The van der Waals surface area contributed by atoms with Crippen LogP contribution in [0.5, 0.6) is 0 Å². The zero-order chi connectivity index (χ0) is 10.6. The van der Waals surface area contributed by atoms with Crippen molar-refractivity contribution in [3.63, 3.8) is 0 Å². The predicted molar refractivity (Wildman–Crippen MR) is 57.4 cm³/mol. The van der Waals surface area contributed by atoms with Crippen LogP contribution >= 0.6 is 11.6 Å². The molecule has 0 aliphatic carbocycles. The molecule has 14 heavy (non-hydrogen) atoms. The highest BCUT2D eigenvalue weighted by Gasteiger charge is 2.06. The second-order valence-corrected chi connectivity index (χ2v) is 2.72. The standard InChI is InChI=1S/C7H7ClN4.C2H6/c1-2-12-6-5(3-11-12)9-4-10-7(6)8;1-2/h3-4H,2H2,1H3;1-2H3. The molecule has 0 amide bonds. The van der Waals surface area contributed by atoms with Crippen LogP contribution in [0, 0.1) is 0 Å². The highest BCUT2D eigenvalue weighted by atomic mass is 35.5. The first-order chi connectivity index (χ1) is 6.83. The minimum atomic E-state index is 0.458. The molecule has 4 nitrogen and oxygen atoms in total. The summed E-state index contributed by atoms with van der Waals surface area (Å²) in [5.41, 5.74) is 1.60. The van der Waals surface area contributed by atoms with Crippen molar-refractivity contribution < 1.29 is 0 Å². The van der Waals surface area contributed by atoms with E-state index in [4.69, 9.17) is 11.6 Å². The normalized spacial score (nSPS) is 9.71. The molecule has 2 rings (SSSR count). The van der Waals surface area contributed by atoms with Gasteiger partial charge in [0.15, 0.2) is 5.15 Å². The van der Waals surface area contributed by atoms with E-state index in [1.807, 2.05) is 20.8 Å². The van der Waals surface area contributed by atoms with Crippen LogP contribution in [0.15, 0.2) is 12.5 Å². The second-order valence-electron chi connectivity index (χ2n) is 2.36. The Morgan fingerprint density at radius 1 is 1.36 bits per heavy atom. The maximum absolute atomic E-state index is 5.87. The topological polar surface area (TPSA) is 43.6 Å². The first kappa shape index (κ1) is 10.9. The lowest BCUT2D eigenvalue weighted by Gasteiger charge is -1.97. The maximum atomic E-state index is 5.87. The third kappa shape index (κ3) is 1.85. The first-order valence-corrected chi connectivity index (χ1v) is 5.02. The molecule has 2 aromatic rings. The molecule has 2 aromatic heterocycles. The van der Waals surface area contributed by atoms with Crippen LogP contribution in [0.3, 0.4) is 0 Å². The fourth-order valence-corrected chi connectivity index (χ4v) is 1.36. The zero-order valence-corrected chi connectivity index (χ0v) is 9.28. The summed E-state index contributed by atoms with van der Waals surface area (Å²) in [7, 11) is 0. The molecule has 0 aliphatic heterocycles. The summed E-state index contributed by atoms with van der Waals surface area (Å²) in [6.07, 6.45) is 3.12. The van der Waals surface area contributed by atoms with Crippen molar-refractivity contribution in [2.24, 2.45) is 0 Å². The molecular formula is C9H13ClN4. The number of aromatic nitrogens is 4. The number of rotatable bonds is 1. The quantitative estimate of drug-likeness (QED) is 0.683. The highest BCUT2D eigenvalue weighted by Crippen LogP contribution is 2.17. The lowest BCUT2D eigenvalue weighted by atomic mass is 10.5. The van der Waals surface area contributed by atoms with Gasteiger partial charge in [-0.1, -0.05) is 25.4 Å². The summed E-state index contributed by atoms with van der Waals surface area (Å²) >= 11 is 5.87. The van der Waals surface area contributed by atoms with Crippen LogP contribution in [-0.2, 0) is 6.54 Å². The first-order valence-electron chi connectivity index (χ1n) is 4.65. The fourth-order valence-electron chi connectivity index (χ4n) is 1.12. The van der Waals surface area contributed by atoms with Gasteiger partial charge in [-0.05, 0) is 6.92 Å². The summed E-state index contributed by atoms with van der Waals surface area (Å²) in [4.78, 5) is 7.91. The second kappa shape index (κ2) is 4.91. The molecular weight excluding hydrogens is 200 g/mol. The van der Waals surface area contributed by atoms with Crippen molar-refractivity contribution in [3.8, 4) is 0 Å². The van der Waals surface area contributed by atoms with Crippen molar-refractivity contribution in [2.45, 2.75) is 27.3 Å². The van der Waals surface area contributed by atoms with Crippen molar-refractivity contribution in [2.75, 3.05) is 0 Å². The Labute approximate surface area is 87.9 Å². The van der Waals surface area contributed by atoms with E-state index in [0.717, 1.165) is 17.6 Å². The molecule has 0 N–H and O–H groups in total. The van der Waals surface area contributed by atoms with Gasteiger partial charge in [0.1, 0.15) is 17.4 Å². The minimum Gasteiger partial charge on any atom is -0.260 e. The van der Waals surface area contributed by atoms with Gasteiger partial charge in [0, 0.05) is 6.54 Å². The van der Waals surface area contributed by atoms with Crippen molar-refractivity contribution in [1.82, 2.24) is 19.7 Å². The van der Waals surface area contributed by atoms with Gasteiger partial charge >= 0.3 is 0 Å². The molecule has 0 aliphatic rings. The average Bonchev–Trinajstić information content (AvgIpc) is 2.65. The Hall–Kier alpha value is -1.16. The number of nitrogens with zero attached hydrogens (tertiary/aromatic N) is 4. The number of hydrogen-bond donors (Lipinski definition) is 0. The SMILES string of the molecule is CC.CCn1ncc2ncnc(Cl)c21. The van der Waals surface area contributed by atoms with Crippen molar-refractivity contribution in [1.29, 1.82) is 0 Å². The molecule has 0 aromatic carbocycles. The van der Waals surface area contributed by atoms with Crippen LogP contribution in [0.25, 0.3) is 11.0 Å². The van der Waals surface area contributed by atoms with E-state index in [1.165, 1.54) is 6.33 Å². The average molecular weight is 213 g/mol. The summed E-state index contributed by atoms with van der Waals surface area (Å²) in [6, 6.07) is 0. The van der Waals surface area contributed by atoms with Gasteiger partial charge in [0.05, 0.1) is 6.20 Å². The van der Waals surface area contributed by atoms with E-state index in [2.05, 4.69) is 15.1 Å². The zero-order valence-electron chi connectivity index (χ0n) is 8.53. The molecule has 76 valence electrons. The summed E-state index contributed by atoms with van der Waals surface area (Å²) in [5, 5.41) is 4.56. The Bertz CT molecular complexity index is 410. The Morgan fingerprint density at radius 2 is 2.07 bits per heavy atom. The molecule has 0 unspecified atom stereocenters. The van der Waals surface area contributed by atoms with E-state index in [-0.39, 0.29) is 0 Å². The molecule has 0 bridgehead atoms. The minimum absolute atomic E-state index is 0.458. The Kier molecular flexibility index (Phi) is 3.83. The van der Waals surface area contributed by atoms with E-state index in [9.17, 15) is 0 Å². The van der Waals surface area contributed by atoms with Crippen molar-refractivity contribution >= 4 is 22.6 Å². The van der Waals surface area contributed by atoms with Gasteiger partial charge in [-0.15, -0.1) is 0 Å². The van der Waals surface area contributed by atoms with E-state index >= 15 is 0 Å². The van der Waals surface area contributed by atoms with Crippen LogP contribution in [0.1, 0.15) is 20.8 Å². The van der Waals surface area contributed by atoms with Crippen LogP contribution in [0.4, 0.5) is 0 Å². The van der Waals surface area contributed by atoms with E-state index in [0.29, 0.717) is 5.15 Å². The smallest absolute Gasteiger partial charge is 0.158 e. The van der Waals surface area contributed by atoms with E-state index in [1.54, 1.807) is 10.9 Å². The van der Waals surface area contributed by atoms with Gasteiger partial charge < -0.3 is 0 Å². The lowest BCUT2D eigenvalue weighted by Crippen LogP contribution is -1.96. The fraction of sp³-hybridized carbons (Fsp3) is 0.444. The van der Waals surface area contributed by atoms with Crippen LogP contribution in [0.2, 0.25) is 5.15 Å². The maximum Gasteiger partial charge on any atom is 0.158 e. The van der Waals surface area contributed by atoms with Gasteiger partial charge in [0.2, 0.25) is 0 Å². The monoisotopic (exact) mass is 212 g/mol. The summed E-state index contributed by atoms with van der Waals surface area (Å²) in [5.74, 6) is 0. The molecule has 0 radical (unpaired) electrons. The van der Waals surface area contributed by atoms with Crippen LogP contribution < -0.4 is 0 Å². The largest absolute Gasteiger partial charge is 0.260 e. The van der Waals surface area contributed by atoms with Gasteiger partial charge in [-0.25, -0.2) is 9.97 Å². The summed E-state index contributed by atoms with van der Waals surface area (Å²) in [6.45, 7) is 6.77. The molecule has 2 heterocycles. The van der Waals surface area contributed by atoms with Crippen LogP contribution in [-0.4, -0.2) is 19.7 Å². The van der Waals surface area contributed by atoms with Crippen molar-refractivity contribution in [3.05, 3.63) is 17.7 Å². The van der Waals surface area contributed by atoms with Gasteiger partial charge in [-0.3, -0.25) is 4.68 Å². The Morgan fingerprint density at radius 3 is 2.71 bits per heavy atom. The van der Waals surface area contributed by atoms with Gasteiger partial charge in [-0.2, -0.15) is 5.10 Å². The van der Waals surface area contributed by atoms with E-state index < -0.39 is 0 Å². The molecule has 0 spiro atoms. The number of aryl methyl sites for hydroxylation is 1. The molecule has 0 saturated carbocycles. The third-order valence-electron chi connectivity index (χ3n) is 1.68. The molecule has 0 atom stereocenters. The predicted octanol–water partition coefficient (Wildman–Crippen LogP) is 2.53. The third-order valence-corrected chi connectivity index (χ3v) is 1.96. The number of halogens is 1. The van der Waals surface area contributed by atoms with Gasteiger partial charge in [0.25, 0.3) is 0 Å². The highest BCUT2D eigenvalue weighted by molar-refractivity contribution is 6.33. The molecule has 5 heteroatoms. The molecule has 0 fully saturated rings. The lowest BCUT2D eigenvalue weighted by molar-refractivity contribution is 0.683. The summed E-state index contributed by atoms with van der Waals surface area (Å²) < 4.78 is 1.78. The molecule has 0 saturated heterocycles. The number of fused-ring (bicyclic) bond motifs is 1. The Balaban J connectivity index is 0.000000461.